The van der Waals surface area contributed by atoms with Crippen molar-refractivity contribution in [3.63, 3.8) is 0 Å². The Labute approximate surface area is 123 Å². The number of aliphatic hydroxyl groups is 1. The van der Waals surface area contributed by atoms with E-state index in [9.17, 15) is 18.3 Å². The fraction of sp³-hybridized carbons (Fsp3) is 0.462. The molecule has 5 nitrogen and oxygen atoms in total. The van der Waals surface area contributed by atoms with E-state index in [1.165, 1.54) is 18.2 Å². The Hall–Kier alpha value is -1.11. The van der Waals surface area contributed by atoms with Crippen molar-refractivity contribution in [3.8, 4) is 0 Å². The summed E-state index contributed by atoms with van der Waals surface area (Å²) in [6.07, 6.45) is 1.03. The van der Waals surface area contributed by atoms with Gasteiger partial charge in [-0.3, -0.25) is 4.79 Å². The molecule has 0 aliphatic rings. The average molecular weight is 320 g/mol. The molecule has 0 unspecified atom stereocenters. The largest absolute Gasteiger partial charge is 0.394 e. The number of aliphatic hydroxyl groups excluding tert-OH is 1. The first-order valence-corrected chi connectivity index (χ1v) is 8.35. The van der Waals surface area contributed by atoms with Crippen LogP contribution in [0.4, 0.5) is 0 Å². The lowest BCUT2D eigenvalue weighted by Crippen LogP contribution is -2.41. The van der Waals surface area contributed by atoms with Gasteiger partial charge in [-0.05, 0) is 24.1 Å². The molecule has 0 aliphatic heterocycles. The Balaban J connectivity index is 3.07. The minimum absolute atomic E-state index is 0.0608. The summed E-state index contributed by atoms with van der Waals surface area (Å²) in [5, 5.41) is 11.9. The van der Waals surface area contributed by atoms with Crippen LogP contribution in [0.3, 0.4) is 0 Å². The van der Waals surface area contributed by atoms with Gasteiger partial charge in [0.2, 0.25) is 0 Å². The van der Waals surface area contributed by atoms with E-state index in [1.807, 2.05) is 13.8 Å². The number of hydrogen-bond donors (Lipinski definition) is 2. The molecular formula is C13H18ClNO4S. The Morgan fingerprint density at radius 3 is 2.45 bits per heavy atom. The second-order valence-electron chi connectivity index (χ2n) is 4.92. The number of rotatable bonds is 5. The monoisotopic (exact) mass is 319 g/mol. The molecule has 0 radical (unpaired) electrons. The van der Waals surface area contributed by atoms with Crippen LogP contribution in [-0.4, -0.2) is 38.3 Å². The van der Waals surface area contributed by atoms with E-state index in [0.29, 0.717) is 0 Å². The summed E-state index contributed by atoms with van der Waals surface area (Å²) in [6.45, 7) is 3.55. The van der Waals surface area contributed by atoms with Gasteiger partial charge in [0.1, 0.15) is 0 Å². The Kier molecular flexibility index (Phi) is 5.56. The lowest BCUT2D eigenvalue weighted by atomic mass is 10.0. The third kappa shape index (κ3) is 4.19. The number of carbonyl (C=O) groups excluding carboxylic acids is 1. The highest BCUT2D eigenvalue weighted by atomic mass is 35.5. The van der Waals surface area contributed by atoms with Crippen LogP contribution >= 0.6 is 11.6 Å². The minimum atomic E-state index is -3.50. The molecule has 1 atom stereocenters. The molecule has 0 aromatic heterocycles. The zero-order valence-electron chi connectivity index (χ0n) is 11.6. The van der Waals surface area contributed by atoms with Crippen molar-refractivity contribution in [1.29, 1.82) is 0 Å². The maximum absolute atomic E-state index is 12.0. The van der Waals surface area contributed by atoms with Gasteiger partial charge in [-0.25, -0.2) is 8.42 Å². The molecule has 0 saturated carbocycles. The predicted molar refractivity (Wildman–Crippen MR) is 77.7 cm³/mol. The molecule has 0 spiro atoms. The standard InChI is InChI=1S/C13H18ClNO4S/c1-8(2)11(7-16)15-13(17)9-4-5-10(14)12(6-9)20(3,18)19/h4-6,8,11,16H,7H2,1-3H3,(H,15,17)/t11-/m1/s1. The summed E-state index contributed by atoms with van der Waals surface area (Å²) in [6, 6.07) is 3.67. The van der Waals surface area contributed by atoms with E-state index in [2.05, 4.69) is 5.32 Å². The fourth-order valence-corrected chi connectivity index (χ4v) is 2.90. The number of amides is 1. The maximum atomic E-state index is 12.0. The summed E-state index contributed by atoms with van der Waals surface area (Å²) in [5.74, 6) is -0.384. The van der Waals surface area contributed by atoms with Crippen LogP contribution in [-0.2, 0) is 9.84 Å². The lowest BCUT2D eigenvalue weighted by molar-refractivity contribution is 0.0896. The molecule has 1 aromatic carbocycles. The van der Waals surface area contributed by atoms with Crippen LogP contribution in [0.1, 0.15) is 24.2 Å². The van der Waals surface area contributed by atoms with Gasteiger partial charge in [-0.1, -0.05) is 25.4 Å². The second kappa shape index (κ2) is 6.56. The Morgan fingerprint density at radius 2 is 2.00 bits per heavy atom. The first kappa shape index (κ1) is 16.9. The Bertz CT molecular complexity index is 598. The first-order valence-electron chi connectivity index (χ1n) is 6.08. The van der Waals surface area contributed by atoms with Gasteiger partial charge >= 0.3 is 0 Å². The second-order valence-corrected chi connectivity index (χ2v) is 7.32. The van der Waals surface area contributed by atoms with Gasteiger partial charge in [0.15, 0.2) is 9.84 Å². The predicted octanol–water partition coefficient (Wildman–Crippen LogP) is 1.49. The Morgan fingerprint density at radius 1 is 1.40 bits per heavy atom. The van der Waals surface area contributed by atoms with E-state index in [1.54, 1.807) is 0 Å². The molecular weight excluding hydrogens is 302 g/mol. The molecule has 0 bridgehead atoms. The molecule has 1 rings (SSSR count). The van der Waals surface area contributed by atoms with Crippen LogP contribution in [0.15, 0.2) is 23.1 Å². The summed E-state index contributed by atoms with van der Waals surface area (Å²) in [7, 11) is -3.50. The molecule has 0 fully saturated rings. The number of nitrogens with one attached hydrogen (secondary N) is 1. The van der Waals surface area contributed by atoms with Gasteiger partial charge in [-0.2, -0.15) is 0 Å². The lowest BCUT2D eigenvalue weighted by Gasteiger charge is -2.20. The molecule has 1 aromatic rings. The highest BCUT2D eigenvalue weighted by Gasteiger charge is 2.19. The smallest absolute Gasteiger partial charge is 0.251 e. The van der Waals surface area contributed by atoms with Crippen molar-refractivity contribution in [2.45, 2.75) is 24.8 Å². The van der Waals surface area contributed by atoms with E-state index in [0.717, 1.165) is 6.26 Å². The molecule has 7 heteroatoms. The van der Waals surface area contributed by atoms with Crippen molar-refractivity contribution in [1.82, 2.24) is 5.32 Å². The number of hydrogen-bond acceptors (Lipinski definition) is 4. The maximum Gasteiger partial charge on any atom is 0.251 e. The van der Waals surface area contributed by atoms with Crippen molar-refractivity contribution < 1.29 is 18.3 Å². The van der Waals surface area contributed by atoms with Crippen molar-refractivity contribution in [3.05, 3.63) is 28.8 Å². The normalized spacial score (nSPS) is 13.3. The van der Waals surface area contributed by atoms with Crippen molar-refractivity contribution in [2.75, 3.05) is 12.9 Å². The molecule has 0 aliphatic carbocycles. The molecule has 112 valence electrons. The summed E-state index contributed by atoms with van der Waals surface area (Å²) in [4.78, 5) is 12.0. The van der Waals surface area contributed by atoms with Crippen LogP contribution in [0, 0.1) is 5.92 Å². The summed E-state index contributed by atoms with van der Waals surface area (Å²) in [5.41, 5.74) is 0.189. The van der Waals surface area contributed by atoms with E-state index >= 15 is 0 Å². The number of halogens is 1. The van der Waals surface area contributed by atoms with Gasteiger partial charge in [0.25, 0.3) is 5.91 Å². The molecule has 20 heavy (non-hydrogen) atoms. The first-order chi connectivity index (χ1) is 9.16. The fourth-order valence-electron chi connectivity index (χ4n) is 1.60. The average Bonchev–Trinajstić information content (AvgIpc) is 2.34. The minimum Gasteiger partial charge on any atom is -0.394 e. The van der Waals surface area contributed by atoms with Crippen molar-refractivity contribution >= 4 is 27.3 Å². The third-order valence-electron chi connectivity index (χ3n) is 2.91. The highest BCUT2D eigenvalue weighted by molar-refractivity contribution is 7.90. The van der Waals surface area contributed by atoms with Gasteiger partial charge < -0.3 is 10.4 Å². The molecule has 0 heterocycles. The van der Waals surface area contributed by atoms with E-state index in [-0.39, 0.29) is 34.0 Å². The molecule has 1 amide bonds. The molecule has 0 saturated heterocycles. The van der Waals surface area contributed by atoms with E-state index < -0.39 is 15.7 Å². The van der Waals surface area contributed by atoms with Crippen LogP contribution < -0.4 is 5.32 Å². The zero-order valence-corrected chi connectivity index (χ0v) is 13.1. The SMILES string of the molecule is CC(C)[C@@H](CO)NC(=O)c1ccc(Cl)c(S(C)(=O)=O)c1. The van der Waals surface area contributed by atoms with Gasteiger partial charge in [0.05, 0.1) is 22.6 Å². The molecule has 2 N–H and O–H groups in total. The van der Waals surface area contributed by atoms with Crippen LogP contribution in [0.25, 0.3) is 0 Å². The van der Waals surface area contributed by atoms with Gasteiger partial charge in [-0.15, -0.1) is 0 Å². The van der Waals surface area contributed by atoms with Crippen LogP contribution in [0.2, 0.25) is 5.02 Å². The topological polar surface area (TPSA) is 83.5 Å². The zero-order chi connectivity index (χ0) is 15.5. The third-order valence-corrected chi connectivity index (χ3v) is 4.49. The summed E-state index contributed by atoms with van der Waals surface area (Å²) < 4.78 is 23.1. The highest BCUT2D eigenvalue weighted by Crippen LogP contribution is 2.22. The number of benzene rings is 1. The van der Waals surface area contributed by atoms with E-state index in [4.69, 9.17) is 11.6 Å². The quantitative estimate of drug-likeness (QED) is 0.861. The van der Waals surface area contributed by atoms with Gasteiger partial charge in [0, 0.05) is 11.8 Å². The number of sulfone groups is 1. The number of carbonyl (C=O) groups is 1. The summed E-state index contributed by atoms with van der Waals surface area (Å²) >= 11 is 5.82. The van der Waals surface area contributed by atoms with Crippen LogP contribution in [0.5, 0.6) is 0 Å². The van der Waals surface area contributed by atoms with Crippen molar-refractivity contribution in [2.24, 2.45) is 5.92 Å².